The van der Waals surface area contributed by atoms with Crippen LogP contribution in [0.25, 0.3) is 0 Å². The number of ether oxygens (including phenoxy) is 7. The van der Waals surface area contributed by atoms with E-state index in [1.54, 1.807) is 21.6 Å². The molecule has 0 aromatic carbocycles. The molecule has 6 aliphatic rings. The van der Waals surface area contributed by atoms with Crippen molar-refractivity contribution in [3.63, 3.8) is 0 Å². The summed E-state index contributed by atoms with van der Waals surface area (Å²) in [5.41, 5.74) is -3.44. The Morgan fingerprint density at radius 2 is 0.764 bits per heavy atom. The van der Waals surface area contributed by atoms with Crippen molar-refractivity contribution in [2.45, 2.75) is 320 Å². The van der Waals surface area contributed by atoms with E-state index in [0.29, 0.717) is 116 Å². The van der Waals surface area contributed by atoms with Crippen LogP contribution in [0.4, 0.5) is 0 Å². The molecule has 6 saturated heterocycles. The number of phosphoric ester groups is 1. The number of rotatable bonds is 57. The number of hydrogen-bond acceptors (Lipinski definition) is 30. The van der Waals surface area contributed by atoms with E-state index in [-0.39, 0.29) is 216 Å². The zero-order valence-corrected chi connectivity index (χ0v) is 77.3. The Morgan fingerprint density at radius 1 is 0.425 bits per heavy atom. The summed E-state index contributed by atoms with van der Waals surface area (Å²) in [4.78, 5) is 142. The molecule has 6 fully saturated rings. The maximum Gasteiger partial charge on any atom is 0.472 e. The zero-order chi connectivity index (χ0) is 93.6. The molecule has 17 N–H and O–H groups in total. The van der Waals surface area contributed by atoms with Crippen molar-refractivity contribution in [2.75, 3.05) is 138 Å². The van der Waals surface area contributed by atoms with Gasteiger partial charge in [-0.2, -0.15) is 0 Å². The average Bonchev–Trinajstić information content (AvgIpc) is 0.827. The second-order valence-corrected chi connectivity index (χ2v) is 39.8. The van der Waals surface area contributed by atoms with Crippen LogP contribution in [0.5, 0.6) is 0 Å². The largest absolute Gasteiger partial charge is 0.472 e. The zero-order valence-electron chi connectivity index (χ0n) is 75.5. The molecule has 0 aromatic rings. The van der Waals surface area contributed by atoms with Crippen LogP contribution in [0.3, 0.4) is 0 Å². The molecule has 43 heteroatoms. The number of aliphatic hydroxyl groups is 9. The van der Waals surface area contributed by atoms with E-state index in [0.717, 1.165) is 0 Å². The fourth-order valence-corrected chi connectivity index (χ4v) is 18.5. The molecule has 0 aromatic heterocycles. The monoisotopic (exact) mass is 1860 g/mol. The van der Waals surface area contributed by atoms with Crippen molar-refractivity contribution in [2.24, 2.45) is 22.2 Å². The summed E-state index contributed by atoms with van der Waals surface area (Å²) in [5.74, 6) is -2.62. The first-order chi connectivity index (χ1) is 60.2. The summed E-state index contributed by atoms with van der Waals surface area (Å²) < 4.78 is 86.7. The van der Waals surface area contributed by atoms with E-state index < -0.39 is 168 Å². The number of nitrogens with one attached hydrogen (secondary N) is 6. The lowest BCUT2D eigenvalue weighted by Crippen LogP contribution is -2.64. The number of carbonyl (C=O) groups is 9. The molecule has 6 heterocycles. The Bertz CT molecular complexity index is 3440. The van der Waals surface area contributed by atoms with Gasteiger partial charge in [-0.1, -0.05) is 47.0 Å². The molecule has 734 valence electrons. The lowest BCUT2D eigenvalue weighted by Gasteiger charge is -2.43. The number of aliphatic hydroxyl groups excluding tert-OH is 9. The van der Waals surface area contributed by atoms with E-state index >= 15 is 0 Å². The number of hydrogen-bond donors (Lipinski definition) is 17. The predicted molar refractivity (Wildman–Crippen MR) is 458 cm³/mol. The van der Waals surface area contributed by atoms with Gasteiger partial charge in [0.25, 0.3) is 0 Å². The first kappa shape index (κ1) is 111. The Kier molecular flexibility index (Phi) is 48.3. The van der Waals surface area contributed by atoms with Gasteiger partial charge in [0, 0.05) is 149 Å². The molecule has 0 saturated carbocycles. The van der Waals surface area contributed by atoms with Gasteiger partial charge in [-0.25, -0.2) is 4.57 Å². The molecule has 6 aliphatic heterocycles. The number of phosphoric acid groups is 1. The summed E-state index contributed by atoms with van der Waals surface area (Å²) in [5, 5.41) is 108. The van der Waals surface area contributed by atoms with Gasteiger partial charge in [0.05, 0.1) is 76.8 Å². The molecular weight excluding hydrogens is 1710 g/mol. The molecule has 41 nitrogen and oxygen atoms in total. The summed E-state index contributed by atoms with van der Waals surface area (Å²) in [6.45, 7) is 11.7. The number of unbranched alkanes of at least 4 members (excludes halogenated alkanes) is 9. The molecule has 6 rings (SSSR count). The third-order valence-corrected chi connectivity index (χ3v) is 26.8. The molecule has 0 bridgehead atoms. The standard InChI is InChI=1S/C84H151N9O32P2/c1-57-61(49-94)123-78(70(73(57)107)88-58(2)98)116-45-20-14-23-64(101)85-36-17-8-11-26-67(104)91-39-29-82(30-40-91,35-48-126(112,113)120-55-83(52-97)31-41-92(42-32-83)68(105)27-12-9-18-37-86-65(102)24-15-21-46-117-79-71(89-59(3)99)76(110)74(108)62(50-95)124-79)54-121-127(114,115)122-56-84(119-53-81(5,6)7)33-43-93(44-34-84)69(106)28-13-10-19-38-87-66(103)25-16-22-47-118-80-72(90-60(4)100)77(111)75(109)63(51-96)125-80/h57,61-63,70-80,94-97,107-111H,8-56H2,1-7H3,(H,85,101)(H,86,102)(H,87,103)(H,88,98)(H,89,99)(H,90,100)(H,112,113)(H,114,115)/t57-,61+,62+,63+,70+,71+,72+,73-,74-,75-,76+,77+,78+,79+,80+/m0/s1. The van der Waals surface area contributed by atoms with Crippen molar-refractivity contribution in [3.05, 3.63) is 0 Å². The molecule has 0 spiro atoms. The number of amides is 9. The normalized spacial score (nSPS) is 27.0. The molecule has 0 aliphatic carbocycles. The predicted octanol–water partition coefficient (Wildman–Crippen LogP) is 1.04. The molecular formula is C84H151N9O32P2. The number of piperidine rings is 3. The Hall–Kier alpha value is -5.15. The molecule has 127 heavy (non-hydrogen) atoms. The number of nitrogens with zero attached hydrogens (tertiary/aromatic N) is 3. The van der Waals surface area contributed by atoms with Crippen molar-refractivity contribution in [1.82, 2.24) is 46.6 Å². The number of carbonyl (C=O) groups excluding carboxylic acids is 9. The highest BCUT2D eigenvalue weighted by Gasteiger charge is 2.50. The lowest BCUT2D eigenvalue weighted by atomic mass is 9.77. The Labute approximate surface area is 746 Å². The second kappa shape index (κ2) is 55.5. The molecule has 17 atom stereocenters. The van der Waals surface area contributed by atoms with Gasteiger partial charge in [0.15, 0.2) is 18.9 Å². The van der Waals surface area contributed by atoms with Crippen LogP contribution in [0.2, 0.25) is 0 Å². The maximum absolute atomic E-state index is 14.2. The van der Waals surface area contributed by atoms with Crippen LogP contribution < -0.4 is 31.9 Å². The maximum atomic E-state index is 14.2. The summed E-state index contributed by atoms with van der Waals surface area (Å²) >= 11 is 0. The van der Waals surface area contributed by atoms with E-state index in [1.807, 2.05) is 20.8 Å². The van der Waals surface area contributed by atoms with Gasteiger partial charge in [0.2, 0.25) is 53.2 Å². The van der Waals surface area contributed by atoms with Crippen LogP contribution >= 0.6 is 15.4 Å². The Morgan fingerprint density at radius 3 is 1.13 bits per heavy atom. The fourth-order valence-electron chi connectivity index (χ4n) is 16.2. The fraction of sp³-hybridized carbons (Fsp3) is 0.893. The van der Waals surface area contributed by atoms with E-state index in [1.165, 1.54) is 20.8 Å². The van der Waals surface area contributed by atoms with Gasteiger partial charge in [-0.15, -0.1) is 0 Å². The lowest BCUT2D eigenvalue weighted by molar-refractivity contribution is -0.270. The van der Waals surface area contributed by atoms with Gasteiger partial charge in [-0.3, -0.25) is 56.8 Å². The van der Waals surface area contributed by atoms with Crippen molar-refractivity contribution in [3.8, 4) is 0 Å². The van der Waals surface area contributed by atoms with Crippen LogP contribution in [0, 0.1) is 22.2 Å². The third-order valence-electron chi connectivity index (χ3n) is 24.6. The van der Waals surface area contributed by atoms with Crippen molar-refractivity contribution in [1.29, 1.82) is 0 Å². The molecule has 0 radical (unpaired) electrons. The van der Waals surface area contributed by atoms with Crippen molar-refractivity contribution >= 4 is 68.6 Å². The third kappa shape index (κ3) is 38.8. The van der Waals surface area contributed by atoms with E-state index in [2.05, 4.69) is 31.9 Å². The van der Waals surface area contributed by atoms with Crippen LogP contribution in [0.1, 0.15) is 228 Å². The first-order valence-corrected chi connectivity index (χ1v) is 48.8. The van der Waals surface area contributed by atoms with Crippen LogP contribution in [-0.4, -0.2) is 353 Å². The highest BCUT2D eigenvalue weighted by molar-refractivity contribution is 7.52. The first-order valence-electron chi connectivity index (χ1n) is 45.5. The van der Waals surface area contributed by atoms with Gasteiger partial charge in [-0.05, 0) is 133 Å². The topological polar surface area (TPSA) is 585 Å². The van der Waals surface area contributed by atoms with E-state index in [9.17, 15) is 108 Å². The summed E-state index contributed by atoms with van der Waals surface area (Å²) in [7, 11) is -9.41. The van der Waals surface area contributed by atoms with Crippen LogP contribution in [0.15, 0.2) is 0 Å². The quantitative estimate of drug-likeness (QED) is 0.0299. The molecule has 2 unspecified atom stereocenters. The van der Waals surface area contributed by atoms with Crippen LogP contribution in [-0.2, 0) is 99.0 Å². The minimum atomic E-state index is -4.93. The second-order valence-electron chi connectivity index (χ2n) is 36.4. The van der Waals surface area contributed by atoms with Gasteiger partial charge < -0.3 is 140 Å². The summed E-state index contributed by atoms with van der Waals surface area (Å²) in [6, 6.07) is -2.98. The Balaban J connectivity index is 0.944. The smallest absolute Gasteiger partial charge is 0.396 e. The van der Waals surface area contributed by atoms with Gasteiger partial charge >= 0.3 is 15.4 Å². The SMILES string of the molecule is CC(=O)N[C@H]1[C@H](OCCCCC(=O)NCCCCCC(=O)N2CCC(CCP(=O)(O)OCC3(CO)CCN(C(=O)CCCCCNC(=O)CCCCO[C@@H]4O[C@H](CO)[C@H](O)[C@H](O)[C@H]4NC(C)=O)CC3)(COP(=O)(O)OCC3(OCC(C)(C)C)CCN(C(=O)CCCCCNC(=O)CCCCO[C@@H]4O[C@H](CO)[C@H](O)[C@H](O)[C@H]4NC(C)=O)CC3)CC2)O[C@H](CO)[C@H](C)[C@@H]1O. The highest BCUT2D eigenvalue weighted by Crippen LogP contribution is 2.53. The summed E-state index contributed by atoms with van der Waals surface area (Å²) in [6.07, 6.45) is -2.47. The minimum Gasteiger partial charge on any atom is -0.396 e. The van der Waals surface area contributed by atoms with Crippen molar-refractivity contribution < 1.29 is 155 Å². The molecule has 9 amide bonds. The average molecular weight is 1860 g/mol. The number of likely N-dealkylation sites (tertiary alicyclic amines) is 3. The highest BCUT2D eigenvalue weighted by atomic mass is 31.2. The van der Waals surface area contributed by atoms with E-state index in [4.69, 9.17) is 46.7 Å². The van der Waals surface area contributed by atoms with Gasteiger partial charge in [0.1, 0.15) is 54.7 Å². The minimum absolute atomic E-state index is 0.0438.